The van der Waals surface area contributed by atoms with Gasteiger partial charge in [0.1, 0.15) is 5.82 Å². The van der Waals surface area contributed by atoms with Crippen molar-refractivity contribution in [1.29, 1.82) is 0 Å². The minimum atomic E-state index is -0.178. The Kier molecular flexibility index (Phi) is 5.93. The fourth-order valence-corrected chi connectivity index (χ4v) is 3.43. The highest BCUT2D eigenvalue weighted by Gasteiger charge is 2.31. The highest BCUT2D eigenvalue weighted by Crippen LogP contribution is 2.19. The summed E-state index contributed by atoms with van der Waals surface area (Å²) in [6.45, 7) is 7.57. The molecule has 1 amide bonds. The van der Waals surface area contributed by atoms with Gasteiger partial charge in [-0.2, -0.15) is 0 Å². The third-order valence-corrected chi connectivity index (χ3v) is 4.98. The fourth-order valence-electron chi connectivity index (χ4n) is 3.43. The van der Waals surface area contributed by atoms with E-state index in [0.717, 1.165) is 31.9 Å². The summed E-state index contributed by atoms with van der Waals surface area (Å²) < 4.78 is 19.7. The molecule has 1 aromatic heterocycles. The van der Waals surface area contributed by atoms with Crippen LogP contribution in [0.5, 0.6) is 0 Å². The van der Waals surface area contributed by atoms with Crippen LogP contribution in [0, 0.1) is 11.7 Å². The summed E-state index contributed by atoms with van der Waals surface area (Å²) in [4.78, 5) is 15.4. The normalized spacial score (nSPS) is 16.7. The van der Waals surface area contributed by atoms with Gasteiger partial charge in [0, 0.05) is 5.92 Å². The van der Waals surface area contributed by atoms with Crippen molar-refractivity contribution in [3.63, 3.8) is 0 Å². The number of para-hydroxylation sites is 1. The quantitative estimate of drug-likeness (QED) is 0.823. The van der Waals surface area contributed by atoms with E-state index < -0.39 is 0 Å². The third-order valence-electron chi connectivity index (χ3n) is 4.98. The fraction of sp³-hybridized carbons (Fsp3) is 0.450. The molecule has 1 aliphatic heterocycles. The zero-order chi connectivity index (χ0) is 18.5. The van der Waals surface area contributed by atoms with Gasteiger partial charge in [-0.05, 0) is 24.3 Å². The minimum Gasteiger partial charge on any atom is -0.463 e. The smallest absolute Gasteiger partial charge is 0.222 e. The summed E-state index contributed by atoms with van der Waals surface area (Å²) >= 11 is 0. The molecule has 6 heteroatoms. The van der Waals surface area contributed by atoms with Crippen molar-refractivity contribution in [2.75, 3.05) is 37.6 Å². The van der Waals surface area contributed by atoms with Crippen LogP contribution >= 0.6 is 0 Å². The van der Waals surface area contributed by atoms with Gasteiger partial charge in [0.25, 0.3) is 0 Å². The molecule has 0 radical (unpaired) electrons. The van der Waals surface area contributed by atoms with Crippen LogP contribution in [0.3, 0.4) is 0 Å². The first kappa shape index (κ1) is 18.5. The van der Waals surface area contributed by atoms with Crippen molar-refractivity contribution >= 4 is 11.6 Å². The number of quaternary nitrogens is 1. The summed E-state index contributed by atoms with van der Waals surface area (Å²) in [5.74, 6) is 0.706. The van der Waals surface area contributed by atoms with E-state index in [2.05, 4.69) is 10.2 Å². The SMILES string of the molecule is CC(C)C(=O)NC[C@H](c1ccco1)[NH+]1CCN(c2ccccc2F)CC1. The maximum Gasteiger partial charge on any atom is 0.222 e. The number of anilines is 1. The minimum absolute atomic E-state index is 0.0415. The number of nitrogens with zero attached hydrogens (tertiary/aromatic N) is 1. The highest BCUT2D eigenvalue weighted by atomic mass is 19.1. The Morgan fingerprint density at radius 1 is 1.23 bits per heavy atom. The van der Waals surface area contributed by atoms with Crippen LogP contribution in [0.1, 0.15) is 25.6 Å². The van der Waals surface area contributed by atoms with Crippen molar-refractivity contribution in [2.24, 2.45) is 5.92 Å². The summed E-state index contributed by atoms with van der Waals surface area (Å²) in [6, 6.07) is 10.8. The van der Waals surface area contributed by atoms with E-state index in [-0.39, 0.29) is 23.7 Å². The number of halogens is 1. The van der Waals surface area contributed by atoms with Crippen molar-refractivity contribution in [1.82, 2.24) is 5.32 Å². The second-order valence-corrected chi connectivity index (χ2v) is 7.06. The van der Waals surface area contributed by atoms with E-state index in [1.807, 2.05) is 38.1 Å². The molecule has 1 fully saturated rings. The summed E-state index contributed by atoms with van der Waals surface area (Å²) in [6.07, 6.45) is 1.67. The predicted molar refractivity (Wildman–Crippen MR) is 98.6 cm³/mol. The number of amides is 1. The average molecular weight is 360 g/mol. The molecule has 3 rings (SSSR count). The van der Waals surface area contributed by atoms with Gasteiger partial charge in [-0.15, -0.1) is 0 Å². The summed E-state index contributed by atoms with van der Waals surface area (Å²) in [7, 11) is 0. The van der Waals surface area contributed by atoms with Crippen molar-refractivity contribution in [3.8, 4) is 0 Å². The number of benzene rings is 1. The lowest BCUT2D eigenvalue weighted by atomic mass is 10.1. The lowest BCUT2D eigenvalue weighted by Gasteiger charge is -2.37. The largest absolute Gasteiger partial charge is 0.463 e. The van der Waals surface area contributed by atoms with Gasteiger partial charge in [0.05, 0.1) is 44.7 Å². The number of hydrogen-bond donors (Lipinski definition) is 2. The molecule has 0 saturated carbocycles. The zero-order valence-corrected chi connectivity index (χ0v) is 15.4. The molecule has 1 aromatic carbocycles. The maximum atomic E-state index is 14.0. The van der Waals surface area contributed by atoms with Gasteiger partial charge >= 0.3 is 0 Å². The van der Waals surface area contributed by atoms with Gasteiger partial charge in [0.15, 0.2) is 11.8 Å². The molecule has 0 unspecified atom stereocenters. The molecule has 2 aromatic rings. The Labute approximate surface area is 153 Å². The van der Waals surface area contributed by atoms with E-state index in [1.54, 1.807) is 12.3 Å². The molecular formula is C20H27FN3O2+. The van der Waals surface area contributed by atoms with Crippen molar-refractivity contribution in [2.45, 2.75) is 19.9 Å². The van der Waals surface area contributed by atoms with Gasteiger partial charge in [-0.3, -0.25) is 4.79 Å². The topological polar surface area (TPSA) is 49.9 Å². The zero-order valence-electron chi connectivity index (χ0n) is 15.4. The average Bonchev–Trinajstić information content (AvgIpc) is 3.17. The van der Waals surface area contributed by atoms with Crippen molar-refractivity contribution in [3.05, 3.63) is 54.2 Å². The lowest BCUT2D eigenvalue weighted by molar-refractivity contribution is -0.932. The van der Waals surface area contributed by atoms with E-state index >= 15 is 0 Å². The number of nitrogens with one attached hydrogen (secondary N) is 2. The Bertz CT molecular complexity index is 710. The van der Waals surface area contributed by atoms with E-state index in [9.17, 15) is 9.18 Å². The standard InChI is InChI=1S/C20H26FN3O2/c1-15(2)20(25)22-14-18(19-8-5-13-26-19)24-11-9-23(10-12-24)17-7-4-3-6-16(17)21/h3-8,13,15,18H,9-12,14H2,1-2H3,(H,22,25)/p+1/t18-/m1/s1. The van der Waals surface area contributed by atoms with E-state index in [1.165, 1.54) is 11.0 Å². The molecule has 140 valence electrons. The first-order valence-corrected chi connectivity index (χ1v) is 9.21. The van der Waals surface area contributed by atoms with Crippen LogP contribution < -0.4 is 15.1 Å². The molecule has 5 nitrogen and oxygen atoms in total. The van der Waals surface area contributed by atoms with Crippen LogP contribution in [-0.4, -0.2) is 38.6 Å². The molecule has 1 atom stereocenters. The van der Waals surface area contributed by atoms with Crippen LogP contribution in [0.4, 0.5) is 10.1 Å². The number of piperazine rings is 1. The maximum absolute atomic E-state index is 14.0. The molecule has 2 heterocycles. The molecular weight excluding hydrogens is 333 g/mol. The van der Waals surface area contributed by atoms with Crippen LogP contribution in [0.15, 0.2) is 47.1 Å². The molecule has 0 spiro atoms. The Morgan fingerprint density at radius 3 is 2.58 bits per heavy atom. The van der Waals surface area contributed by atoms with Crippen molar-refractivity contribution < 1.29 is 18.5 Å². The summed E-state index contributed by atoms with van der Waals surface area (Å²) in [5, 5.41) is 3.03. The Morgan fingerprint density at radius 2 is 1.96 bits per heavy atom. The molecule has 1 saturated heterocycles. The predicted octanol–water partition coefficient (Wildman–Crippen LogP) is 1.64. The van der Waals surface area contributed by atoms with E-state index in [4.69, 9.17) is 4.42 Å². The van der Waals surface area contributed by atoms with Crippen LogP contribution in [0.25, 0.3) is 0 Å². The second kappa shape index (κ2) is 8.36. The van der Waals surface area contributed by atoms with Crippen LogP contribution in [-0.2, 0) is 4.79 Å². The van der Waals surface area contributed by atoms with Gasteiger partial charge in [0.2, 0.25) is 5.91 Å². The van der Waals surface area contributed by atoms with Gasteiger partial charge in [-0.1, -0.05) is 26.0 Å². The molecule has 26 heavy (non-hydrogen) atoms. The second-order valence-electron chi connectivity index (χ2n) is 7.06. The van der Waals surface area contributed by atoms with E-state index in [0.29, 0.717) is 12.2 Å². The molecule has 0 aliphatic carbocycles. The summed E-state index contributed by atoms with van der Waals surface area (Å²) in [5.41, 5.74) is 0.661. The Balaban J connectivity index is 1.65. The number of hydrogen-bond acceptors (Lipinski definition) is 3. The number of carbonyl (C=O) groups is 1. The number of carbonyl (C=O) groups excluding carboxylic acids is 1. The molecule has 2 N–H and O–H groups in total. The van der Waals surface area contributed by atoms with Gasteiger partial charge in [-0.25, -0.2) is 4.39 Å². The lowest BCUT2D eigenvalue weighted by Crippen LogP contribution is -3.15. The first-order valence-electron chi connectivity index (χ1n) is 9.21. The van der Waals surface area contributed by atoms with Crippen LogP contribution in [0.2, 0.25) is 0 Å². The molecule has 0 bridgehead atoms. The van der Waals surface area contributed by atoms with Gasteiger partial charge < -0.3 is 19.5 Å². The number of rotatable bonds is 6. The molecule has 1 aliphatic rings. The Hall–Kier alpha value is -2.34. The first-order chi connectivity index (χ1) is 12.6. The highest BCUT2D eigenvalue weighted by molar-refractivity contribution is 5.77. The third kappa shape index (κ3) is 4.25. The number of furan rings is 1. The monoisotopic (exact) mass is 360 g/mol.